The number of hydrogen-bond acceptors (Lipinski definition) is 4. The monoisotopic (exact) mass is 494 g/mol. The molecule has 0 spiro atoms. The second kappa shape index (κ2) is 11.5. The second-order valence-corrected chi connectivity index (χ2v) is 8.46. The summed E-state index contributed by atoms with van der Waals surface area (Å²) in [6.45, 7) is 15.4. The Morgan fingerprint density at radius 3 is 2.58 bits per heavy atom. The lowest BCUT2D eigenvalue weighted by Gasteiger charge is -2.44. The zero-order valence-electron chi connectivity index (χ0n) is 16.7. The topological polar surface area (TPSA) is 48.9 Å². The highest BCUT2D eigenvalue weighted by molar-refractivity contribution is 14.0. The van der Waals surface area contributed by atoms with Gasteiger partial charge in [-0.25, -0.2) is 0 Å². The number of thiophene rings is 1. The number of ether oxygens (including phenoxy) is 1. The van der Waals surface area contributed by atoms with Gasteiger partial charge in [0, 0.05) is 36.6 Å². The molecular formula is C19H35IN4OS. The van der Waals surface area contributed by atoms with Gasteiger partial charge in [0.1, 0.15) is 0 Å². The number of halogens is 1. The zero-order chi connectivity index (χ0) is 18.3. The van der Waals surface area contributed by atoms with Crippen LogP contribution in [0.1, 0.15) is 39.5 Å². The lowest BCUT2D eigenvalue weighted by molar-refractivity contribution is -0.0939. The van der Waals surface area contributed by atoms with Crippen LogP contribution in [0.25, 0.3) is 0 Å². The van der Waals surface area contributed by atoms with E-state index in [2.05, 4.69) is 67.7 Å². The predicted molar refractivity (Wildman–Crippen MR) is 123 cm³/mol. The zero-order valence-corrected chi connectivity index (χ0v) is 19.9. The normalized spacial score (nSPS) is 22.0. The molecule has 5 nitrogen and oxygen atoms in total. The van der Waals surface area contributed by atoms with Crippen LogP contribution in [0.4, 0.5) is 0 Å². The molecular weight excluding hydrogens is 459 g/mol. The summed E-state index contributed by atoms with van der Waals surface area (Å²) in [5, 5.41) is 8.94. The lowest BCUT2D eigenvalue weighted by Crippen LogP contribution is -2.56. The van der Waals surface area contributed by atoms with Gasteiger partial charge in [-0.1, -0.05) is 6.07 Å². The van der Waals surface area contributed by atoms with Gasteiger partial charge < -0.3 is 15.4 Å². The van der Waals surface area contributed by atoms with Crippen molar-refractivity contribution >= 4 is 41.3 Å². The molecule has 2 atom stereocenters. The average Bonchev–Trinajstić information content (AvgIpc) is 3.05. The molecule has 1 aromatic heterocycles. The quantitative estimate of drug-likeness (QED) is 0.347. The molecule has 150 valence electrons. The predicted octanol–water partition coefficient (Wildman–Crippen LogP) is 3.35. The Balaban J connectivity index is 0.00000338. The standard InChI is InChI=1S/C19H34N4OS.HI/c1-6-20-18(21-10-9-17-8-7-11-25-17)22-14-19(4,5)23-12-15(2)24-16(3)13-23;/h7-8,11,15-16H,6,9-10,12-14H2,1-5H3,(H2,20,21,22);1H. The third-order valence-corrected chi connectivity index (χ3v) is 5.42. The number of hydrogen-bond donors (Lipinski definition) is 2. The van der Waals surface area contributed by atoms with Crippen LogP contribution in [0.15, 0.2) is 22.5 Å². The SMILES string of the molecule is CCNC(=NCC(C)(C)N1CC(C)OC(C)C1)NCCc1cccs1.I. The Morgan fingerprint density at radius 1 is 1.31 bits per heavy atom. The van der Waals surface area contributed by atoms with Crippen molar-refractivity contribution in [3.63, 3.8) is 0 Å². The fourth-order valence-electron chi connectivity index (χ4n) is 3.15. The first-order valence-corrected chi connectivity index (χ1v) is 10.2. The molecule has 2 rings (SSSR count). The summed E-state index contributed by atoms with van der Waals surface area (Å²) in [5.74, 6) is 0.904. The molecule has 2 heterocycles. The molecule has 0 aromatic carbocycles. The largest absolute Gasteiger partial charge is 0.373 e. The number of aliphatic imine (C=N–C) groups is 1. The molecule has 0 aliphatic carbocycles. The van der Waals surface area contributed by atoms with Crippen LogP contribution < -0.4 is 10.6 Å². The lowest BCUT2D eigenvalue weighted by atomic mass is 10.0. The number of guanidine groups is 1. The van der Waals surface area contributed by atoms with Gasteiger partial charge in [0.2, 0.25) is 0 Å². The number of nitrogens with one attached hydrogen (secondary N) is 2. The first kappa shape index (κ1) is 23.7. The maximum atomic E-state index is 5.86. The van der Waals surface area contributed by atoms with Crippen LogP contribution in [0.3, 0.4) is 0 Å². The van der Waals surface area contributed by atoms with Crippen molar-refractivity contribution in [3.05, 3.63) is 22.4 Å². The molecule has 1 aliphatic rings. The van der Waals surface area contributed by atoms with E-state index >= 15 is 0 Å². The Bertz CT molecular complexity index is 526. The Kier molecular flexibility index (Phi) is 10.4. The number of nitrogens with zero attached hydrogens (tertiary/aromatic N) is 2. The molecule has 1 saturated heterocycles. The van der Waals surface area contributed by atoms with Gasteiger partial charge in [-0.15, -0.1) is 35.3 Å². The number of morpholine rings is 1. The van der Waals surface area contributed by atoms with Crippen molar-refractivity contribution < 1.29 is 4.74 Å². The van der Waals surface area contributed by atoms with Gasteiger partial charge in [0.25, 0.3) is 0 Å². The molecule has 0 saturated carbocycles. The van der Waals surface area contributed by atoms with Crippen LogP contribution in [-0.2, 0) is 11.2 Å². The fraction of sp³-hybridized carbons (Fsp3) is 0.737. The fourth-order valence-corrected chi connectivity index (χ4v) is 3.85. The van der Waals surface area contributed by atoms with Crippen LogP contribution in [-0.4, -0.2) is 61.3 Å². The Labute approximate surface area is 180 Å². The van der Waals surface area contributed by atoms with Gasteiger partial charge in [-0.05, 0) is 52.5 Å². The third-order valence-electron chi connectivity index (χ3n) is 4.49. The molecule has 2 N–H and O–H groups in total. The molecule has 1 fully saturated rings. The van der Waals surface area contributed by atoms with E-state index in [1.165, 1.54) is 4.88 Å². The van der Waals surface area contributed by atoms with Crippen LogP contribution in [0.5, 0.6) is 0 Å². The van der Waals surface area contributed by atoms with Gasteiger partial charge in [-0.2, -0.15) is 0 Å². The molecule has 1 aliphatic heterocycles. The summed E-state index contributed by atoms with van der Waals surface area (Å²) in [6, 6.07) is 4.28. The molecule has 1 aromatic rings. The highest BCUT2D eigenvalue weighted by atomic mass is 127. The van der Waals surface area contributed by atoms with E-state index in [1.54, 1.807) is 11.3 Å². The van der Waals surface area contributed by atoms with E-state index in [4.69, 9.17) is 9.73 Å². The summed E-state index contributed by atoms with van der Waals surface area (Å²) in [4.78, 5) is 8.75. The average molecular weight is 494 g/mol. The van der Waals surface area contributed by atoms with E-state index in [9.17, 15) is 0 Å². The number of rotatable bonds is 7. The molecule has 7 heteroatoms. The van der Waals surface area contributed by atoms with Crippen molar-refractivity contribution in [2.45, 2.75) is 58.8 Å². The highest BCUT2D eigenvalue weighted by Crippen LogP contribution is 2.21. The first-order chi connectivity index (χ1) is 11.9. The minimum Gasteiger partial charge on any atom is -0.373 e. The van der Waals surface area contributed by atoms with Crippen molar-refractivity contribution in [1.29, 1.82) is 0 Å². The Hall–Kier alpha value is -0.380. The van der Waals surface area contributed by atoms with Crippen molar-refractivity contribution in [1.82, 2.24) is 15.5 Å². The Morgan fingerprint density at radius 2 is 2.00 bits per heavy atom. The minimum atomic E-state index is 0. The van der Waals surface area contributed by atoms with Crippen LogP contribution in [0, 0.1) is 0 Å². The van der Waals surface area contributed by atoms with Crippen LogP contribution >= 0.6 is 35.3 Å². The van der Waals surface area contributed by atoms with Gasteiger partial charge in [0.15, 0.2) is 5.96 Å². The van der Waals surface area contributed by atoms with Gasteiger partial charge >= 0.3 is 0 Å². The molecule has 0 bridgehead atoms. The van der Waals surface area contributed by atoms with Crippen molar-refractivity contribution in [2.75, 3.05) is 32.7 Å². The van der Waals surface area contributed by atoms with Crippen molar-refractivity contribution in [3.8, 4) is 0 Å². The van der Waals surface area contributed by atoms with Crippen molar-refractivity contribution in [2.24, 2.45) is 4.99 Å². The highest BCUT2D eigenvalue weighted by Gasteiger charge is 2.33. The summed E-state index contributed by atoms with van der Waals surface area (Å²) in [6.07, 6.45) is 1.59. The first-order valence-electron chi connectivity index (χ1n) is 9.35. The van der Waals surface area contributed by atoms with E-state index in [0.717, 1.165) is 45.1 Å². The van der Waals surface area contributed by atoms with E-state index in [-0.39, 0.29) is 41.7 Å². The summed E-state index contributed by atoms with van der Waals surface area (Å²) >= 11 is 1.81. The van der Waals surface area contributed by atoms with E-state index in [1.807, 2.05) is 0 Å². The van der Waals surface area contributed by atoms with Crippen LogP contribution in [0.2, 0.25) is 0 Å². The maximum absolute atomic E-state index is 5.86. The third kappa shape index (κ3) is 7.70. The van der Waals surface area contributed by atoms with Gasteiger partial charge in [0.05, 0.1) is 18.8 Å². The van der Waals surface area contributed by atoms with E-state index in [0.29, 0.717) is 0 Å². The summed E-state index contributed by atoms with van der Waals surface area (Å²) < 4.78 is 5.86. The summed E-state index contributed by atoms with van der Waals surface area (Å²) in [5.41, 5.74) is 0.0163. The molecule has 0 radical (unpaired) electrons. The molecule has 26 heavy (non-hydrogen) atoms. The maximum Gasteiger partial charge on any atom is 0.191 e. The smallest absolute Gasteiger partial charge is 0.191 e. The summed E-state index contributed by atoms with van der Waals surface area (Å²) in [7, 11) is 0. The second-order valence-electron chi connectivity index (χ2n) is 7.43. The van der Waals surface area contributed by atoms with Gasteiger partial charge in [-0.3, -0.25) is 9.89 Å². The molecule has 2 unspecified atom stereocenters. The van der Waals surface area contributed by atoms with E-state index < -0.39 is 0 Å². The molecule has 0 amide bonds. The minimum absolute atomic E-state index is 0.